The summed E-state index contributed by atoms with van der Waals surface area (Å²) in [5.74, 6) is 0. The Balaban J connectivity index is 2.15. The van der Waals surface area contributed by atoms with Crippen molar-refractivity contribution in [1.82, 2.24) is 0 Å². The van der Waals surface area contributed by atoms with Gasteiger partial charge in [-0.25, -0.2) is 0 Å². The third kappa shape index (κ3) is 3.29. The first-order chi connectivity index (χ1) is 10.9. The van der Waals surface area contributed by atoms with Gasteiger partial charge in [-0.1, -0.05) is 91.9 Å². The monoisotopic (exact) mass is 303 g/mol. The summed E-state index contributed by atoms with van der Waals surface area (Å²) in [5.41, 5.74) is 1.36. The van der Waals surface area contributed by atoms with Crippen LogP contribution in [0.25, 0.3) is 0 Å². The molecular formula is C21H20P. The average molecular weight is 303 g/mol. The predicted octanol–water partition coefficient (Wildman–Crippen LogP) is 4.41. The zero-order valence-electron chi connectivity index (χ0n) is 12.8. The van der Waals surface area contributed by atoms with Gasteiger partial charge in [-0.05, 0) is 42.2 Å². The minimum atomic E-state index is -0.510. The molecule has 0 saturated carbocycles. The quantitative estimate of drug-likeness (QED) is 0.613. The highest BCUT2D eigenvalue weighted by molar-refractivity contribution is 7.79. The van der Waals surface area contributed by atoms with Crippen molar-refractivity contribution in [3.05, 3.63) is 96.9 Å². The highest BCUT2D eigenvalue weighted by Gasteiger charge is 2.18. The van der Waals surface area contributed by atoms with Gasteiger partial charge in [0.15, 0.2) is 0 Å². The molecule has 109 valence electrons. The lowest BCUT2D eigenvalue weighted by Gasteiger charge is -2.22. The molecule has 0 fully saturated rings. The van der Waals surface area contributed by atoms with Gasteiger partial charge in [-0.3, -0.25) is 0 Å². The van der Waals surface area contributed by atoms with Gasteiger partial charge >= 0.3 is 0 Å². The van der Waals surface area contributed by atoms with Gasteiger partial charge in [0.1, 0.15) is 0 Å². The predicted molar refractivity (Wildman–Crippen MR) is 98.8 cm³/mol. The van der Waals surface area contributed by atoms with Crippen LogP contribution in [0.4, 0.5) is 0 Å². The summed E-state index contributed by atoms with van der Waals surface area (Å²) in [6.07, 6.45) is 3.39. The normalized spacial score (nSPS) is 10.8. The molecule has 3 aromatic rings. The fourth-order valence-electron chi connectivity index (χ4n) is 2.67. The highest BCUT2D eigenvalue weighted by atomic mass is 31.1. The van der Waals surface area contributed by atoms with Crippen molar-refractivity contribution in [3.63, 3.8) is 0 Å². The zero-order valence-corrected chi connectivity index (χ0v) is 13.7. The molecule has 22 heavy (non-hydrogen) atoms. The summed E-state index contributed by atoms with van der Waals surface area (Å²) in [6.45, 7) is 2.20. The van der Waals surface area contributed by atoms with Crippen LogP contribution in [0.2, 0.25) is 0 Å². The Bertz CT molecular complexity index is 665. The van der Waals surface area contributed by atoms with Crippen molar-refractivity contribution < 1.29 is 0 Å². The van der Waals surface area contributed by atoms with Crippen LogP contribution < -0.4 is 15.9 Å². The van der Waals surface area contributed by atoms with E-state index in [2.05, 4.69) is 98.3 Å². The second-order valence-corrected chi connectivity index (χ2v) is 7.36. The lowest BCUT2D eigenvalue weighted by atomic mass is 10.1. The van der Waals surface area contributed by atoms with Crippen molar-refractivity contribution in [3.8, 4) is 0 Å². The van der Waals surface area contributed by atoms with Crippen LogP contribution in [0.5, 0.6) is 0 Å². The molecule has 0 amide bonds. The van der Waals surface area contributed by atoms with E-state index in [1.54, 1.807) is 0 Å². The van der Waals surface area contributed by atoms with Gasteiger partial charge in [0, 0.05) is 0 Å². The molecular weight excluding hydrogens is 283 g/mol. The maximum absolute atomic E-state index is 2.33. The van der Waals surface area contributed by atoms with Gasteiger partial charge in [0.05, 0.1) is 0 Å². The lowest BCUT2D eigenvalue weighted by molar-refractivity contribution is 1.13. The SMILES string of the molecule is CC[CH]c1ccccc1P(c1ccccc1)c1ccccc1. The van der Waals surface area contributed by atoms with Crippen molar-refractivity contribution >= 4 is 23.8 Å². The topological polar surface area (TPSA) is 0 Å². The molecule has 0 aliphatic rings. The van der Waals surface area contributed by atoms with E-state index in [4.69, 9.17) is 0 Å². The zero-order chi connectivity index (χ0) is 15.2. The third-order valence-corrected chi connectivity index (χ3v) is 6.15. The van der Waals surface area contributed by atoms with Crippen molar-refractivity contribution in [2.45, 2.75) is 13.3 Å². The summed E-state index contributed by atoms with van der Waals surface area (Å²) in [6, 6.07) is 30.5. The van der Waals surface area contributed by atoms with E-state index in [1.807, 2.05) is 0 Å². The number of hydrogen-bond donors (Lipinski definition) is 0. The Morgan fingerprint density at radius 1 is 0.682 bits per heavy atom. The molecule has 0 spiro atoms. The van der Waals surface area contributed by atoms with E-state index >= 15 is 0 Å². The summed E-state index contributed by atoms with van der Waals surface area (Å²) in [5, 5.41) is 4.25. The van der Waals surface area contributed by atoms with E-state index in [9.17, 15) is 0 Å². The highest BCUT2D eigenvalue weighted by Crippen LogP contribution is 2.34. The second kappa shape index (κ2) is 7.38. The molecule has 1 radical (unpaired) electrons. The molecule has 0 heterocycles. The maximum Gasteiger partial charge on any atom is -0.00890 e. The Morgan fingerprint density at radius 3 is 1.73 bits per heavy atom. The second-order valence-electron chi connectivity index (χ2n) is 5.18. The molecule has 0 aliphatic heterocycles. The minimum Gasteiger partial charge on any atom is -0.0648 e. The molecule has 1 heteroatoms. The summed E-state index contributed by atoms with van der Waals surface area (Å²) in [4.78, 5) is 0. The summed E-state index contributed by atoms with van der Waals surface area (Å²) >= 11 is 0. The number of rotatable bonds is 5. The summed E-state index contributed by atoms with van der Waals surface area (Å²) < 4.78 is 0. The Hall–Kier alpha value is -1.91. The molecule has 3 rings (SSSR count). The van der Waals surface area contributed by atoms with Crippen LogP contribution in [0, 0.1) is 6.42 Å². The van der Waals surface area contributed by atoms with Gasteiger partial charge in [-0.15, -0.1) is 0 Å². The maximum atomic E-state index is 2.33. The Kier molecular flexibility index (Phi) is 5.03. The third-order valence-electron chi connectivity index (χ3n) is 3.63. The van der Waals surface area contributed by atoms with Gasteiger partial charge < -0.3 is 0 Å². The van der Waals surface area contributed by atoms with Crippen LogP contribution in [0.3, 0.4) is 0 Å². The molecule has 0 bridgehead atoms. The first-order valence-corrected chi connectivity index (χ1v) is 9.07. The van der Waals surface area contributed by atoms with E-state index in [1.165, 1.54) is 21.5 Å². The lowest BCUT2D eigenvalue weighted by Crippen LogP contribution is -2.22. The van der Waals surface area contributed by atoms with E-state index in [-0.39, 0.29) is 0 Å². The number of benzene rings is 3. The molecule has 0 aromatic heterocycles. The van der Waals surface area contributed by atoms with E-state index in [0.29, 0.717) is 0 Å². The van der Waals surface area contributed by atoms with Crippen molar-refractivity contribution in [2.24, 2.45) is 0 Å². The largest absolute Gasteiger partial charge is 0.0648 e. The Morgan fingerprint density at radius 2 is 1.18 bits per heavy atom. The molecule has 0 unspecified atom stereocenters. The van der Waals surface area contributed by atoms with E-state index in [0.717, 1.165) is 6.42 Å². The van der Waals surface area contributed by atoms with Crippen LogP contribution in [-0.4, -0.2) is 0 Å². The van der Waals surface area contributed by atoms with Gasteiger partial charge in [0.25, 0.3) is 0 Å². The molecule has 0 aliphatic carbocycles. The van der Waals surface area contributed by atoms with Gasteiger partial charge in [0.2, 0.25) is 0 Å². The molecule has 0 atom stereocenters. The van der Waals surface area contributed by atoms with E-state index < -0.39 is 7.92 Å². The number of hydrogen-bond acceptors (Lipinski definition) is 0. The first kappa shape index (κ1) is 15.0. The molecule has 0 nitrogen and oxygen atoms in total. The van der Waals surface area contributed by atoms with Gasteiger partial charge in [-0.2, -0.15) is 0 Å². The van der Waals surface area contributed by atoms with Crippen LogP contribution >= 0.6 is 7.92 Å². The average Bonchev–Trinajstić information content (AvgIpc) is 2.59. The molecule has 0 saturated heterocycles. The van der Waals surface area contributed by atoms with Crippen molar-refractivity contribution in [2.75, 3.05) is 0 Å². The molecule has 0 N–H and O–H groups in total. The van der Waals surface area contributed by atoms with Crippen LogP contribution in [0.1, 0.15) is 18.9 Å². The smallest absolute Gasteiger partial charge is 0.00890 e. The standard InChI is InChI=1S/C21H20P/c1-2-11-18-12-9-10-17-21(18)22(19-13-5-3-6-14-19)20-15-7-4-8-16-20/h3-17H,2H2,1H3. The Labute approximate surface area is 134 Å². The fourth-order valence-corrected chi connectivity index (χ4v) is 5.12. The van der Waals surface area contributed by atoms with Crippen LogP contribution in [-0.2, 0) is 0 Å². The summed E-state index contributed by atoms with van der Waals surface area (Å²) in [7, 11) is -0.510. The minimum absolute atomic E-state index is 0.510. The fraction of sp³-hybridized carbons (Fsp3) is 0.0952. The van der Waals surface area contributed by atoms with Crippen molar-refractivity contribution in [1.29, 1.82) is 0 Å². The molecule has 3 aromatic carbocycles. The first-order valence-electron chi connectivity index (χ1n) is 7.72. The van der Waals surface area contributed by atoms with Crippen LogP contribution in [0.15, 0.2) is 84.9 Å².